The van der Waals surface area contributed by atoms with E-state index in [0.29, 0.717) is 6.04 Å². The van der Waals surface area contributed by atoms with Crippen molar-refractivity contribution in [2.24, 2.45) is 0 Å². The first-order chi connectivity index (χ1) is 11.8. The molecule has 0 atom stereocenters. The lowest BCUT2D eigenvalue weighted by molar-refractivity contribution is 0.181. The van der Waals surface area contributed by atoms with Crippen LogP contribution in [0, 0.1) is 0 Å². The van der Waals surface area contributed by atoms with Gasteiger partial charge in [0.05, 0.1) is 12.6 Å². The van der Waals surface area contributed by atoms with Gasteiger partial charge in [-0.15, -0.1) is 0 Å². The highest BCUT2D eigenvalue weighted by molar-refractivity contribution is 5.81. The van der Waals surface area contributed by atoms with E-state index in [4.69, 9.17) is 4.74 Å². The number of methoxy groups -OCH3 is 1. The molecule has 2 heterocycles. The summed E-state index contributed by atoms with van der Waals surface area (Å²) in [5, 5.41) is 1.29. The van der Waals surface area contributed by atoms with E-state index in [1.54, 1.807) is 7.11 Å². The van der Waals surface area contributed by atoms with E-state index in [2.05, 4.69) is 64.2 Å². The summed E-state index contributed by atoms with van der Waals surface area (Å²) in [5.41, 5.74) is 2.70. The molecular weight excluding hydrogens is 296 g/mol. The molecule has 1 saturated heterocycles. The van der Waals surface area contributed by atoms with E-state index in [1.165, 1.54) is 29.3 Å². The van der Waals surface area contributed by atoms with Crippen LogP contribution < -0.4 is 4.74 Å². The molecule has 124 valence electrons. The van der Waals surface area contributed by atoms with Crippen LogP contribution in [0.25, 0.3) is 10.9 Å². The van der Waals surface area contributed by atoms with Gasteiger partial charge in [-0.2, -0.15) is 0 Å². The van der Waals surface area contributed by atoms with Gasteiger partial charge in [-0.25, -0.2) is 0 Å². The van der Waals surface area contributed by atoms with Crippen LogP contribution in [0.3, 0.4) is 0 Å². The largest absolute Gasteiger partial charge is 0.497 e. The Hall–Kier alpha value is -2.26. The van der Waals surface area contributed by atoms with Crippen molar-refractivity contribution in [3.63, 3.8) is 0 Å². The molecule has 0 unspecified atom stereocenters. The molecular formula is C21H24N2O. The van der Waals surface area contributed by atoms with E-state index in [-0.39, 0.29) is 0 Å². The minimum absolute atomic E-state index is 0.585. The molecule has 0 spiro atoms. The SMILES string of the molecule is COc1ccc2ccn(C3CCN(Cc4ccccc4)CC3)c2c1. The first kappa shape index (κ1) is 15.3. The molecule has 3 nitrogen and oxygen atoms in total. The lowest BCUT2D eigenvalue weighted by Crippen LogP contribution is -2.34. The first-order valence-corrected chi connectivity index (χ1v) is 8.74. The molecule has 3 heteroatoms. The van der Waals surface area contributed by atoms with Crippen LogP contribution in [0.1, 0.15) is 24.4 Å². The average Bonchev–Trinajstić information content (AvgIpc) is 3.06. The Morgan fingerprint density at radius 3 is 2.54 bits per heavy atom. The van der Waals surface area contributed by atoms with Crippen LogP contribution in [0.15, 0.2) is 60.8 Å². The molecule has 0 N–H and O–H groups in total. The Labute approximate surface area is 143 Å². The summed E-state index contributed by atoms with van der Waals surface area (Å²) in [7, 11) is 1.73. The van der Waals surface area contributed by atoms with Gasteiger partial charge in [0.15, 0.2) is 0 Å². The van der Waals surface area contributed by atoms with Crippen molar-refractivity contribution in [3.8, 4) is 5.75 Å². The standard InChI is InChI=1S/C21H24N2O/c1-24-20-8-7-18-9-14-23(21(18)15-20)19-10-12-22(13-11-19)16-17-5-3-2-4-6-17/h2-9,14-15,19H,10-13,16H2,1H3. The van der Waals surface area contributed by atoms with Crippen molar-refractivity contribution in [3.05, 3.63) is 66.4 Å². The number of likely N-dealkylation sites (tertiary alicyclic amines) is 1. The van der Waals surface area contributed by atoms with Gasteiger partial charge in [-0.1, -0.05) is 30.3 Å². The Balaban J connectivity index is 1.46. The van der Waals surface area contributed by atoms with E-state index < -0.39 is 0 Å². The molecule has 3 aromatic rings. The highest BCUT2D eigenvalue weighted by atomic mass is 16.5. The van der Waals surface area contributed by atoms with Crippen molar-refractivity contribution in [1.82, 2.24) is 9.47 Å². The molecule has 24 heavy (non-hydrogen) atoms. The minimum Gasteiger partial charge on any atom is -0.497 e. The van der Waals surface area contributed by atoms with Crippen LogP contribution in [0.2, 0.25) is 0 Å². The average molecular weight is 320 g/mol. The topological polar surface area (TPSA) is 17.4 Å². The van der Waals surface area contributed by atoms with Crippen molar-refractivity contribution in [2.45, 2.75) is 25.4 Å². The van der Waals surface area contributed by atoms with Gasteiger partial charge in [-0.3, -0.25) is 4.90 Å². The molecule has 0 amide bonds. The van der Waals surface area contributed by atoms with Crippen LogP contribution in [-0.4, -0.2) is 29.7 Å². The molecule has 1 aromatic heterocycles. The number of fused-ring (bicyclic) bond motifs is 1. The number of ether oxygens (including phenoxy) is 1. The van der Waals surface area contributed by atoms with Gasteiger partial charge in [-0.05, 0) is 42.0 Å². The monoisotopic (exact) mass is 320 g/mol. The van der Waals surface area contributed by atoms with Crippen molar-refractivity contribution < 1.29 is 4.74 Å². The van der Waals surface area contributed by atoms with Crippen LogP contribution in [-0.2, 0) is 6.54 Å². The summed E-state index contributed by atoms with van der Waals surface area (Å²) in [6.07, 6.45) is 4.64. The van der Waals surface area contributed by atoms with Gasteiger partial charge >= 0.3 is 0 Å². The van der Waals surface area contributed by atoms with Gasteiger partial charge in [0.1, 0.15) is 5.75 Å². The summed E-state index contributed by atoms with van der Waals surface area (Å²) in [6.45, 7) is 3.38. The minimum atomic E-state index is 0.585. The Bertz CT molecular complexity index is 801. The van der Waals surface area contributed by atoms with Gasteiger partial charge < -0.3 is 9.30 Å². The first-order valence-electron chi connectivity index (χ1n) is 8.74. The van der Waals surface area contributed by atoms with Gasteiger partial charge in [0.25, 0.3) is 0 Å². The number of piperidine rings is 1. The third kappa shape index (κ3) is 3.04. The number of rotatable bonds is 4. The second kappa shape index (κ2) is 6.70. The molecule has 4 rings (SSSR count). The molecule has 0 radical (unpaired) electrons. The lowest BCUT2D eigenvalue weighted by atomic mass is 10.0. The van der Waals surface area contributed by atoms with Crippen molar-refractivity contribution in [2.75, 3.05) is 20.2 Å². The van der Waals surface area contributed by atoms with E-state index in [0.717, 1.165) is 25.4 Å². The fourth-order valence-corrected chi connectivity index (χ4v) is 3.77. The van der Waals surface area contributed by atoms with Crippen LogP contribution >= 0.6 is 0 Å². The van der Waals surface area contributed by atoms with E-state index in [1.807, 2.05) is 6.07 Å². The number of aromatic nitrogens is 1. The second-order valence-corrected chi connectivity index (χ2v) is 6.64. The predicted molar refractivity (Wildman–Crippen MR) is 98.5 cm³/mol. The summed E-state index contributed by atoms with van der Waals surface area (Å²) in [6, 6.07) is 19.9. The fourth-order valence-electron chi connectivity index (χ4n) is 3.77. The maximum atomic E-state index is 5.40. The van der Waals surface area contributed by atoms with Crippen molar-refractivity contribution in [1.29, 1.82) is 0 Å². The normalized spacial score (nSPS) is 16.5. The summed E-state index contributed by atoms with van der Waals surface area (Å²) in [5.74, 6) is 0.934. The number of benzene rings is 2. The zero-order chi connectivity index (χ0) is 16.4. The Kier molecular flexibility index (Phi) is 4.26. The molecule has 0 aliphatic carbocycles. The molecule has 0 bridgehead atoms. The van der Waals surface area contributed by atoms with Crippen LogP contribution in [0.4, 0.5) is 0 Å². The summed E-state index contributed by atoms with van der Waals surface area (Å²) >= 11 is 0. The van der Waals surface area contributed by atoms with E-state index >= 15 is 0 Å². The zero-order valence-electron chi connectivity index (χ0n) is 14.2. The maximum Gasteiger partial charge on any atom is 0.120 e. The number of nitrogens with zero attached hydrogens (tertiary/aromatic N) is 2. The van der Waals surface area contributed by atoms with Gasteiger partial charge in [0, 0.05) is 37.9 Å². The van der Waals surface area contributed by atoms with Crippen LogP contribution in [0.5, 0.6) is 5.75 Å². The third-order valence-corrected chi connectivity index (χ3v) is 5.13. The highest BCUT2D eigenvalue weighted by Crippen LogP contribution is 2.30. The molecule has 0 saturated carbocycles. The zero-order valence-corrected chi connectivity index (χ0v) is 14.2. The highest BCUT2D eigenvalue weighted by Gasteiger charge is 2.21. The smallest absolute Gasteiger partial charge is 0.120 e. The number of hydrogen-bond donors (Lipinski definition) is 0. The summed E-state index contributed by atoms with van der Waals surface area (Å²) in [4.78, 5) is 2.57. The van der Waals surface area contributed by atoms with Gasteiger partial charge in [0.2, 0.25) is 0 Å². The molecule has 2 aromatic carbocycles. The van der Waals surface area contributed by atoms with Crippen molar-refractivity contribution >= 4 is 10.9 Å². The number of hydrogen-bond acceptors (Lipinski definition) is 2. The summed E-state index contributed by atoms with van der Waals surface area (Å²) < 4.78 is 7.84. The third-order valence-electron chi connectivity index (χ3n) is 5.13. The fraction of sp³-hybridized carbons (Fsp3) is 0.333. The molecule has 1 fully saturated rings. The molecule has 1 aliphatic heterocycles. The Morgan fingerprint density at radius 2 is 1.79 bits per heavy atom. The quantitative estimate of drug-likeness (QED) is 0.705. The maximum absolute atomic E-state index is 5.40. The van der Waals surface area contributed by atoms with E-state index in [9.17, 15) is 0 Å². The molecule has 1 aliphatic rings. The Morgan fingerprint density at radius 1 is 1.00 bits per heavy atom. The second-order valence-electron chi connectivity index (χ2n) is 6.64. The lowest BCUT2D eigenvalue weighted by Gasteiger charge is -2.33. The predicted octanol–water partition coefficient (Wildman–Crippen LogP) is 4.49.